The third-order valence-electron chi connectivity index (χ3n) is 4.93. The minimum atomic E-state index is 0.0146. The zero-order valence-electron chi connectivity index (χ0n) is 12.3. The molecule has 0 unspecified atom stereocenters. The lowest BCUT2D eigenvalue weighted by Crippen LogP contribution is -2.40. The molecular formula is C17H23NO2. The van der Waals surface area contributed by atoms with Crippen molar-refractivity contribution in [2.45, 2.75) is 45.6 Å². The number of carbonyl (C=O) groups excluding carboxylic acids is 1. The lowest BCUT2D eigenvalue weighted by Gasteiger charge is -2.22. The Labute approximate surface area is 120 Å². The van der Waals surface area contributed by atoms with Crippen molar-refractivity contribution in [2.24, 2.45) is 11.8 Å². The first-order valence-electron chi connectivity index (χ1n) is 7.61. The maximum atomic E-state index is 12.0. The van der Waals surface area contributed by atoms with Gasteiger partial charge in [0.2, 0.25) is 0 Å². The molecule has 0 heterocycles. The first-order valence-corrected chi connectivity index (χ1v) is 7.61. The van der Waals surface area contributed by atoms with Gasteiger partial charge in [0.1, 0.15) is 5.75 Å². The van der Waals surface area contributed by atoms with E-state index < -0.39 is 0 Å². The van der Waals surface area contributed by atoms with Crippen LogP contribution in [0, 0.1) is 25.7 Å². The van der Waals surface area contributed by atoms with E-state index in [4.69, 9.17) is 4.74 Å². The van der Waals surface area contributed by atoms with Crippen LogP contribution in [0.2, 0.25) is 0 Å². The van der Waals surface area contributed by atoms with Crippen LogP contribution in [0.25, 0.3) is 0 Å². The van der Waals surface area contributed by atoms with Crippen molar-refractivity contribution in [3.63, 3.8) is 0 Å². The Morgan fingerprint density at radius 2 is 2.10 bits per heavy atom. The minimum absolute atomic E-state index is 0.0146. The second kappa shape index (κ2) is 5.47. The van der Waals surface area contributed by atoms with E-state index in [1.54, 1.807) is 0 Å². The number of benzene rings is 1. The Hall–Kier alpha value is -1.51. The molecule has 2 aliphatic carbocycles. The number of fused-ring (bicyclic) bond motifs is 2. The van der Waals surface area contributed by atoms with Crippen molar-refractivity contribution in [3.05, 3.63) is 29.3 Å². The van der Waals surface area contributed by atoms with E-state index in [-0.39, 0.29) is 12.5 Å². The molecule has 0 aromatic heterocycles. The fraction of sp³-hybridized carbons (Fsp3) is 0.588. The van der Waals surface area contributed by atoms with Crippen LogP contribution < -0.4 is 10.1 Å². The highest BCUT2D eigenvalue weighted by atomic mass is 16.5. The summed E-state index contributed by atoms with van der Waals surface area (Å²) in [4.78, 5) is 12.0. The lowest BCUT2D eigenvalue weighted by molar-refractivity contribution is -0.124. The lowest BCUT2D eigenvalue weighted by atomic mass is 9.95. The molecule has 2 aliphatic rings. The van der Waals surface area contributed by atoms with Crippen LogP contribution in [0.4, 0.5) is 0 Å². The highest BCUT2D eigenvalue weighted by molar-refractivity contribution is 5.78. The van der Waals surface area contributed by atoms with E-state index in [9.17, 15) is 4.79 Å². The number of nitrogens with one attached hydrogen (secondary N) is 1. The molecule has 20 heavy (non-hydrogen) atoms. The van der Waals surface area contributed by atoms with Gasteiger partial charge < -0.3 is 10.1 Å². The molecule has 1 amide bonds. The van der Waals surface area contributed by atoms with Gasteiger partial charge in [-0.05, 0) is 68.2 Å². The molecule has 3 rings (SSSR count). The third-order valence-corrected chi connectivity index (χ3v) is 4.93. The summed E-state index contributed by atoms with van der Waals surface area (Å²) in [5, 5.41) is 3.14. The second-order valence-electron chi connectivity index (χ2n) is 6.38. The normalized spacial score (nSPS) is 27.6. The molecule has 0 radical (unpaired) electrons. The van der Waals surface area contributed by atoms with Crippen molar-refractivity contribution in [3.8, 4) is 5.75 Å². The third kappa shape index (κ3) is 2.82. The van der Waals surface area contributed by atoms with Gasteiger partial charge in [0.05, 0.1) is 0 Å². The average molecular weight is 273 g/mol. The predicted octanol–water partition coefficient (Wildman–Crippen LogP) is 2.99. The molecule has 3 nitrogen and oxygen atoms in total. The highest BCUT2D eigenvalue weighted by Crippen LogP contribution is 2.44. The van der Waals surface area contributed by atoms with Gasteiger partial charge >= 0.3 is 0 Å². The van der Waals surface area contributed by atoms with Gasteiger partial charge in [0, 0.05) is 6.04 Å². The maximum Gasteiger partial charge on any atom is 0.258 e. The van der Waals surface area contributed by atoms with Crippen molar-refractivity contribution in [1.82, 2.24) is 5.32 Å². The molecule has 0 aliphatic heterocycles. The van der Waals surface area contributed by atoms with Crippen LogP contribution in [0.1, 0.15) is 36.8 Å². The van der Waals surface area contributed by atoms with E-state index in [1.165, 1.54) is 36.8 Å². The summed E-state index contributed by atoms with van der Waals surface area (Å²) in [5.41, 5.74) is 2.43. The van der Waals surface area contributed by atoms with Crippen LogP contribution in [0.15, 0.2) is 18.2 Å². The number of hydrogen-bond donors (Lipinski definition) is 1. The quantitative estimate of drug-likeness (QED) is 0.916. The number of rotatable bonds is 4. The molecule has 2 saturated carbocycles. The smallest absolute Gasteiger partial charge is 0.258 e. The van der Waals surface area contributed by atoms with Crippen LogP contribution >= 0.6 is 0 Å². The number of aryl methyl sites for hydroxylation is 2. The van der Waals surface area contributed by atoms with Crippen molar-refractivity contribution in [1.29, 1.82) is 0 Å². The van der Waals surface area contributed by atoms with Crippen molar-refractivity contribution >= 4 is 5.91 Å². The summed E-state index contributed by atoms with van der Waals surface area (Å²) in [6, 6.07) is 6.33. The average Bonchev–Trinajstić information content (AvgIpc) is 3.02. The Morgan fingerprint density at radius 1 is 1.25 bits per heavy atom. The monoisotopic (exact) mass is 273 g/mol. The summed E-state index contributed by atoms with van der Waals surface area (Å²) < 4.78 is 5.58. The standard InChI is InChI=1S/C17H23NO2/c1-11-3-6-15(7-12(11)2)20-10-17(19)18-16-9-13-4-5-14(16)8-13/h3,6-7,13-14,16H,4-5,8-10H2,1-2H3,(H,18,19)/t13-,14+,16-/m0/s1. The number of hydrogen-bond acceptors (Lipinski definition) is 2. The van der Waals surface area contributed by atoms with E-state index in [1.807, 2.05) is 18.2 Å². The zero-order valence-corrected chi connectivity index (χ0v) is 12.3. The van der Waals surface area contributed by atoms with Gasteiger partial charge in [-0.25, -0.2) is 0 Å². The first kappa shape index (κ1) is 13.5. The van der Waals surface area contributed by atoms with Gasteiger partial charge in [-0.2, -0.15) is 0 Å². The Morgan fingerprint density at radius 3 is 2.75 bits per heavy atom. The fourth-order valence-electron chi connectivity index (χ4n) is 3.62. The first-order chi connectivity index (χ1) is 9.61. The molecule has 1 N–H and O–H groups in total. The maximum absolute atomic E-state index is 12.0. The number of carbonyl (C=O) groups is 1. The molecule has 3 atom stereocenters. The number of ether oxygens (including phenoxy) is 1. The SMILES string of the molecule is Cc1ccc(OCC(=O)N[C@H]2C[C@H]3CC[C@@H]2C3)cc1C. The van der Waals surface area contributed by atoms with Crippen LogP contribution in [0.5, 0.6) is 5.75 Å². The highest BCUT2D eigenvalue weighted by Gasteiger charge is 2.40. The van der Waals surface area contributed by atoms with Gasteiger partial charge in [-0.1, -0.05) is 12.5 Å². The Balaban J connectivity index is 1.48. The number of amides is 1. The van der Waals surface area contributed by atoms with Gasteiger partial charge in [-0.3, -0.25) is 4.79 Å². The molecule has 0 spiro atoms. The second-order valence-corrected chi connectivity index (χ2v) is 6.38. The summed E-state index contributed by atoms with van der Waals surface area (Å²) in [6.07, 6.45) is 5.12. The van der Waals surface area contributed by atoms with E-state index >= 15 is 0 Å². The molecule has 0 saturated heterocycles. The topological polar surface area (TPSA) is 38.3 Å². The summed E-state index contributed by atoms with van der Waals surface area (Å²) >= 11 is 0. The largest absolute Gasteiger partial charge is 0.484 e. The molecule has 1 aromatic rings. The summed E-state index contributed by atoms with van der Waals surface area (Å²) in [7, 11) is 0. The Bertz CT molecular complexity index is 512. The van der Waals surface area contributed by atoms with E-state index in [2.05, 4.69) is 19.2 Å². The fourth-order valence-corrected chi connectivity index (χ4v) is 3.62. The van der Waals surface area contributed by atoms with Crippen LogP contribution in [-0.4, -0.2) is 18.6 Å². The van der Waals surface area contributed by atoms with Crippen LogP contribution in [-0.2, 0) is 4.79 Å². The van der Waals surface area contributed by atoms with Crippen molar-refractivity contribution in [2.75, 3.05) is 6.61 Å². The molecule has 1 aromatic carbocycles. The molecular weight excluding hydrogens is 250 g/mol. The molecule has 108 valence electrons. The summed E-state index contributed by atoms with van der Waals surface area (Å²) in [6.45, 7) is 4.24. The zero-order chi connectivity index (χ0) is 14.1. The molecule has 2 bridgehead atoms. The molecule has 3 heteroatoms. The Kier molecular flexibility index (Phi) is 3.68. The van der Waals surface area contributed by atoms with E-state index in [0.717, 1.165) is 11.7 Å². The minimum Gasteiger partial charge on any atom is -0.484 e. The van der Waals surface area contributed by atoms with E-state index in [0.29, 0.717) is 12.0 Å². The van der Waals surface area contributed by atoms with Crippen molar-refractivity contribution < 1.29 is 9.53 Å². The predicted molar refractivity (Wildman–Crippen MR) is 78.8 cm³/mol. The van der Waals surface area contributed by atoms with Gasteiger partial charge in [-0.15, -0.1) is 0 Å². The summed E-state index contributed by atoms with van der Waals surface area (Å²) in [5.74, 6) is 2.36. The van der Waals surface area contributed by atoms with Gasteiger partial charge in [0.15, 0.2) is 6.61 Å². The molecule has 2 fully saturated rings. The van der Waals surface area contributed by atoms with Gasteiger partial charge in [0.25, 0.3) is 5.91 Å². The van der Waals surface area contributed by atoms with Crippen LogP contribution in [0.3, 0.4) is 0 Å².